The largest absolute Gasteiger partial charge is 0.393 e. The summed E-state index contributed by atoms with van der Waals surface area (Å²) in [6, 6.07) is 8.66. The average molecular weight is 230 g/mol. The molecule has 0 atom stereocenters. The molecule has 1 aromatic carbocycles. The minimum Gasteiger partial charge on any atom is -0.393 e. The fourth-order valence-corrected chi connectivity index (χ4v) is 1.94. The number of aliphatic hydroxyl groups is 1. The van der Waals surface area contributed by atoms with Crippen molar-refractivity contribution in [2.24, 2.45) is 0 Å². The van der Waals surface area contributed by atoms with Gasteiger partial charge in [0.2, 0.25) is 0 Å². The number of carbonyl (C=O) groups excluding carboxylic acids is 1. The van der Waals surface area contributed by atoms with Crippen molar-refractivity contribution < 1.29 is 9.90 Å². The Hall–Kier alpha value is -1.86. The molecule has 1 aliphatic heterocycles. The van der Waals surface area contributed by atoms with Gasteiger partial charge in [0.15, 0.2) is 0 Å². The van der Waals surface area contributed by atoms with Crippen LogP contribution in [0.15, 0.2) is 24.3 Å². The number of likely N-dealkylation sites (tertiary alicyclic amines) is 1. The number of benzene rings is 1. The maximum absolute atomic E-state index is 12.1. The van der Waals surface area contributed by atoms with Gasteiger partial charge >= 0.3 is 0 Å². The second kappa shape index (κ2) is 4.98. The van der Waals surface area contributed by atoms with E-state index in [9.17, 15) is 9.90 Å². The van der Waals surface area contributed by atoms with E-state index in [4.69, 9.17) is 5.26 Å². The van der Waals surface area contributed by atoms with Crippen LogP contribution in [0.3, 0.4) is 0 Å². The number of nitrogens with zero attached hydrogens (tertiary/aromatic N) is 2. The molecule has 1 aliphatic rings. The molecule has 1 amide bonds. The molecule has 0 saturated carbocycles. The standard InChI is InChI=1S/C13H14N2O2/c14-9-10-1-3-11(4-2-10)13(17)15-7-5-12(16)6-8-15/h1-4,12,16H,5-8H2. The quantitative estimate of drug-likeness (QED) is 0.787. The zero-order valence-electron chi connectivity index (χ0n) is 9.47. The molecule has 1 fully saturated rings. The predicted octanol–water partition coefficient (Wildman–Crippen LogP) is 1.16. The van der Waals surface area contributed by atoms with Gasteiger partial charge in [-0.1, -0.05) is 0 Å². The molecule has 1 heterocycles. The highest BCUT2D eigenvalue weighted by Gasteiger charge is 2.21. The molecule has 17 heavy (non-hydrogen) atoms. The third-order valence-corrected chi connectivity index (χ3v) is 3.01. The number of carbonyl (C=O) groups is 1. The van der Waals surface area contributed by atoms with Crippen LogP contribution in [0, 0.1) is 11.3 Å². The molecule has 0 aliphatic carbocycles. The van der Waals surface area contributed by atoms with E-state index in [1.807, 2.05) is 6.07 Å². The third-order valence-electron chi connectivity index (χ3n) is 3.01. The van der Waals surface area contributed by atoms with E-state index < -0.39 is 0 Å². The van der Waals surface area contributed by atoms with Gasteiger partial charge in [0.05, 0.1) is 17.7 Å². The molecule has 2 rings (SSSR count). The number of hydrogen-bond donors (Lipinski definition) is 1. The van der Waals surface area contributed by atoms with E-state index in [1.165, 1.54) is 0 Å². The molecule has 4 nitrogen and oxygen atoms in total. The second-order valence-corrected chi connectivity index (χ2v) is 4.21. The molecule has 88 valence electrons. The Morgan fingerprint density at radius 1 is 1.29 bits per heavy atom. The Morgan fingerprint density at radius 3 is 2.41 bits per heavy atom. The summed E-state index contributed by atoms with van der Waals surface area (Å²) in [6.07, 6.45) is 1.00. The van der Waals surface area contributed by atoms with E-state index in [2.05, 4.69) is 0 Å². The van der Waals surface area contributed by atoms with Gasteiger partial charge in [-0.3, -0.25) is 4.79 Å². The van der Waals surface area contributed by atoms with Crippen molar-refractivity contribution in [2.75, 3.05) is 13.1 Å². The monoisotopic (exact) mass is 230 g/mol. The highest BCUT2D eigenvalue weighted by Crippen LogP contribution is 2.14. The topological polar surface area (TPSA) is 64.3 Å². The molecule has 1 saturated heterocycles. The van der Waals surface area contributed by atoms with Crippen LogP contribution in [0.1, 0.15) is 28.8 Å². The van der Waals surface area contributed by atoms with Crippen molar-refractivity contribution >= 4 is 5.91 Å². The summed E-state index contributed by atoms with van der Waals surface area (Å²) in [4.78, 5) is 13.8. The van der Waals surface area contributed by atoms with E-state index in [-0.39, 0.29) is 12.0 Å². The van der Waals surface area contributed by atoms with E-state index in [0.717, 1.165) is 0 Å². The first kappa shape index (κ1) is 11.6. The predicted molar refractivity (Wildman–Crippen MR) is 62.3 cm³/mol. The third kappa shape index (κ3) is 2.63. The highest BCUT2D eigenvalue weighted by molar-refractivity contribution is 5.94. The molecule has 0 spiro atoms. The Bertz CT molecular complexity index is 439. The van der Waals surface area contributed by atoms with Crippen LogP contribution < -0.4 is 0 Å². The number of aliphatic hydroxyl groups excluding tert-OH is 1. The summed E-state index contributed by atoms with van der Waals surface area (Å²) in [5.74, 6) is -0.0265. The van der Waals surface area contributed by atoms with Gasteiger partial charge in [-0.15, -0.1) is 0 Å². The minimum absolute atomic E-state index is 0.0265. The lowest BCUT2D eigenvalue weighted by atomic mass is 10.1. The Labute approximate surface area is 100 Å². The zero-order chi connectivity index (χ0) is 12.3. The fourth-order valence-electron chi connectivity index (χ4n) is 1.94. The number of nitriles is 1. The Morgan fingerprint density at radius 2 is 1.88 bits per heavy atom. The van der Waals surface area contributed by atoms with Gasteiger partial charge in [0, 0.05) is 18.7 Å². The molecule has 0 bridgehead atoms. The van der Waals surface area contributed by atoms with E-state index in [1.54, 1.807) is 29.2 Å². The smallest absolute Gasteiger partial charge is 0.253 e. The molecular formula is C13H14N2O2. The second-order valence-electron chi connectivity index (χ2n) is 4.21. The van der Waals surface area contributed by atoms with Crippen LogP contribution in [0.2, 0.25) is 0 Å². The van der Waals surface area contributed by atoms with E-state index >= 15 is 0 Å². The first-order chi connectivity index (χ1) is 8.20. The van der Waals surface area contributed by atoms with Crippen LogP contribution in [0.4, 0.5) is 0 Å². The van der Waals surface area contributed by atoms with Crippen molar-refractivity contribution in [2.45, 2.75) is 18.9 Å². The molecule has 1 aromatic rings. The van der Waals surface area contributed by atoms with Crippen LogP contribution >= 0.6 is 0 Å². The number of hydrogen-bond acceptors (Lipinski definition) is 3. The van der Waals surface area contributed by atoms with Gasteiger partial charge in [-0.2, -0.15) is 5.26 Å². The molecule has 0 unspecified atom stereocenters. The van der Waals surface area contributed by atoms with Crippen molar-refractivity contribution in [3.63, 3.8) is 0 Å². The SMILES string of the molecule is N#Cc1ccc(C(=O)N2CCC(O)CC2)cc1. The van der Waals surface area contributed by atoms with Gasteiger partial charge in [0.1, 0.15) is 0 Å². The van der Waals surface area contributed by atoms with Crippen molar-refractivity contribution in [3.8, 4) is 6.07 Å². The van der Waals surface area contributed by atoms with Crippen molar-refractivity contribution in [3.05, 3.63) is 35.4 Å². The maximum atomic E-state index is 12.1. The van der Waals surface area contributed by atoms with Crippen LogP contribution in [-0.2, 0) is 0 Å². The first-order valence-corrected chi connectivity index (χ1v) is 5.68. The summed E-state index contributed by atoms with van der Waals surface area (Å²) in [6.45, 7) is 1.19. The van der Waals surface area contributed by atoms with Crippen LogP contribution in [-0.4, -0.2) is 35.1 Å². The maximum Gasteiger partial charge on any atom is 0.253 e. The Balaban J connectivity index is 2.06. The summed E-state index contributed by atoms with van der Waals surface area (Å²) in [7, 11) is 0. The number of piperidine rings is 1. The zero-order valence-corrected chi connectivity index (χ0v) is 9.47. The summed E-state index contributed by atoms with van der Waals surface area (Å²) in [5, 5.41) is 18.0. The number of amides is 1. The summed E-state index contributed by atoms with van der Waals surface area (Å²) >= 11 is 0. The fraction of sp³-hybridized carbons (Fsp3) is 0.385. The van der Waals surface area contributed by atoms with Crippen molar-refractivity contribution in [1.29, 1.82) is 5.26 Å². The summed E-state index contributed by atoms with van der Waals surface area (Å²) < 4.78 is 0. The number of rotatable bonds is 1. The van der Waals surface area contributed by atoms with Gasteiger partial charge < -0.3 is 10.0 Å². The van der Waals surface area contributed by atoms with Crippen LogP contribution in [0.25, 0.3) is 0 Å². The average Bonchev–Trinajstić information content (AvgIpc) is 2.39. The normalized spacial score (nSPS) is 16.6. The molecule has 0 radical (unpaired) electrons. The molecule has 4 heteroatoms. The summed E-state index contributed by atoms with van der Waals surface area (Å²) in [5.41, 5.74) is 1.15. The van der Waals surface area contributed by atoms with Gasteiger partial charge in [-0.05, 0) is 37.1 Å². The lowest BCUT2D eigenvalue weighted by Crippen LogP contribution is -2.40. The van der Waals surface area contributed by atoms with Crippen molar-refractivity contribution in [1.82, 2.24) is 4.90 Å². The molecule has 1 N–H and O–H groups in total. The first-order valence-electron chi connectivity index (χ1n) is 5.68. The van der Waals surface area contributed by atoms with Gasteiger partial charge in [0.25, 0.3) is 5.91 Å². The minimum atomic E-state index is -0.278. The van der Waals surface area contributed by atoms with Gasteiger partial charge in [-0.25, -0.2) is 0 Å². The van der Waals surface area contributed by atoms with Crippen LogP contribution in [0.5, 0.6) is 0 Å². The lowest BCUT2D eigenvalue weighted by Gasteiger charge is -2.29. The lowest BCUT2D eigenvalue weighted by molar-refractivity contribution is 0.0546. The molecule has 0 aromatic heterocycles. The molecular weight excluding hydrogens is 216 g/mol. The van der Waals surface area contributed by atoms with E-state index in [0.29, 0.717) is 37.1 Å². The highest BCUT2D eigenvalue weighted by atomic mass is 16.3. The Kier molecular flexibility index (Phi) is 3.40.